The smallest absolute Gasteiger partial charge is 0.152 e. The van der Waals surface area contributed by atoms with E-state index in [0.29, 0.717) is 18.1 Å². The van der Waals surface area contributed by atoms with Crippen molar-refractivity contribution in [1.82, 2.24) is 5.32 Å². The molecule has 0 aliphatic rings. The molecule has 0 atom stereocenters. The molecule has 84 valence electrons. The molecule has 2 heteroatoms. The molecule has 0 fully saturated rings. The van der Waals surface area contributed by atoms with Crippen molar-refractivity contribution in [3.8, 4) is 0 Å². The molecule has 0 radical (unpaired) electrons. The number of Topliss-reactive ketones (excluding diaryl/α,β-unsaturated/α-hetero) is 1. The fraction of sp³-hybridized carbons (Fsp3) is 0.917. The van der Waals surface area contributed by atoms with Gasteiger partial charge in [0.2, 0.25) is 0 Å². The number of likely N-dealkylation sites (N-methyl/N-ethyl adjacent to an activating group) is 1. The highest BCUT2D eigenvalue weighted by molar-refractivity contribution is 5.87. The first-order valence-corrected chi connectivity index (χ1v) is 5.68. The normalized spacial score (nSPS) is 12.1. The molecule has 14 heavy (non-hydrogen) atoms. The van der Waals surface area contributed by atoms with E-state index in [1.165, 1.54) is 0 Å². The minimum Gasteiger partial charge on any atom is -0.306 e. The fourth-order valence-corrected chi connectivity index (χ4v) is 1.52. The Morgan fingerprint density at radius 3 is 2.36 bits per heavy atom. The van der Waals surface area contributed by atoms with Crippen molar-refractivity contribution in [2.24, 2.45) is 5.92 Å². The van der Waals surface area contributed by atoms with Crippen molar-refractivity contribution in [1.29, 1.82) is 0 Å². The summed E-state index contributed by atoms with van der Waals surface area (Å²) in [6.07, 6.45) is 2.87. The molecule has 0 aliphatic carbocycles. The molecule has 0 aliphatic heterocycles. The Morgan fingerprint density at radius 2 is 1.93 bits per heavy atom. The van der Waals surface area contributed by atoms with Crippen LogP contribution in [0.2, 0.25) is 0 Å². The first-order chi connectivity index (χ1) is 6.40. The van der Waals surface area contributed by atoms with E-state index in [-0.39, 0.29) is 5.54 Å². The summed E-state index contributed by atoms with van der Waals surface area (Å²) in [6.45, 7) is 11.2. The van der Waals surface area contributed by atoms with E-state index >= 15 is 0 Å². The highest BCUT2D eigenvalue weighted by Gasteiger charge is 2.24. The maximum absolute atomic E-state index is 11.8. The predicted octanol–water partition coefficient (Wildman–Crippen LogP) is 2.77. The molecule has 1 N–H and O–H groups in total. The Hall–Kier alpha value is -0.370. The third kappa shape index (κ3) is 5.38. The van der Waals surface area contributed by atoms with Crippen LogP contribution in [0.1, 0.15) is 53.9 Å². The molecule has 0 aromatic carbocycles. The zero-order valence-corrected chi connectivity index (χ0v) is 10.3. The molecule has 0 aromatic heterocycles. The van der Waals surface area contributed by atoms with Crippen LogP contribution in [0.25, 0.3) is 0 Å². The molecule has 0 saturated heterocycles. The van der Waals surface area contributed by atoms with Crippen LogP contribution in [0.15, 0.2) is 0 Å². The molecule has 0 amide bonds. The van der Waals surface area contributed by atoms with Crippen LogP contribution in [-0.2, 0) is 4.79 Å². The Labute approximate surface area is 88.5 Å². The minimum atomic E-state index is -0.342. The highest BCUT2D eigenvalue weighted by Crippen LogP contribution is 2.12. The Morgan fingerprint density at radius 1 is 1.36 bits per heavy atom. The molecule has 0 heterocycles. The third-order valence-corrected chi connectivity index (χ3v) is 2.50. The van der Waals surface area contributed by atoms with Gasteiger partial charge in [-0.05, 0) is 32.7 Å². The van der Waals surface area contributed by atoms with E-state index in [2.05, 4.69) is 19.2 Å². The molecule has 0 rings (SSSR count). The van der Waals surface area contributed by atoms with Gasteiger partial charge in [-0.1, -0.05) is 27.2 Å². The van der Waals surface area contributed by atoms with E-state index in [1.807, 2.05) is 20.8 Å². The first-order valence-electron chi connectivity index (χ1n) is 5.68. The SMILES string of the molecule is CCNC(C)(C)C(=O)CCCC(C)C. The summed E-state index contributed by atoms with van der Waals surface area (Å²) < 4.78 is 0. The molecule has 0 aromatic rings. The van der Waals surface area contributed by atoms with Crippen LogP contribution in [0.5, 0.6) is 0 Å². The van der Waals surface area contributed by atoms with Gasteiger partial charge in [0.05, 0.1) is 5.54 Å². The lowest BCUT2D eigenvalue weighted by atomic mass is 9.93. The third-order valence-electron chi connectivity index (χ3n) is 2.50. The number of carbonyl (C=O) groups excluding carboxylic acids is 1. The van der Waals surface area contributed by atoms with Crippen LogP contribution in [0.3, 0.4) is 0 Å². The lowest BCUT2D eigenvalue weighted by molar-refractivity contribution is -0.124. The quantitative estimate of drug-likeness (QED) is 0.683. The molecule has 0 unspecified atom stereocenters. The molecule has 2 nitrogen and oxygen atoms in total. The second kappa shape index (κ2) is 6.18. The van der Waals surface area contributed by atoms with Gasteiger partial charge in [0.15, 0.2) is 5.78 Å². The Balaban J connectivity index is 3.83. The second-order valence-corrected chi connectivity index (χ2v) is 4.86. The zero-order chi connectivity index (χ0) is 11.2. The standard InChI is InChI=1S/C12H25NO/c1-6-13-12(4,5)11(14)9-7-8-10(2)3/h10,13H,6-9H2,1-5H3. The van der Waals surface area contributed by atoms with Crippen LogP contribution < -0.4 is 5.32 Å². The van der Waals surface area contributed by atoms with Gasteiger partial charge in [-0.15, -0.1) is 0 Å². The average Bonchev–Trinajstić information content (AvgIpc) is 2.03. The maximum atomic E-state index is 11.8. The van der Waals surface area contributed by atoms with Gasteiger partial charge in [-0.3, -0.25) is 4.79 Å². The summed E-state index contributed by atoms with van der Waals surface area (Å²) in [5.41, 5.74) is -0.342. The molecular weight excluding hydrogens is 174 g/mol. The van der Waals surface area contributed by atoms with Gasteiger partial charge in [0.1, 0.15) is 0 Å². The maximum Gasteiger partial charge on any atom is 0.152 e. The lowest BCUT2D eigenvalue weighted by Gasteiger charge is -2.24. The van der Waals surface area contributed by atoms with E-state index in [0.717, 1.165) is 19.4 Å². The minimum absolute atomic E-state index is 0.333. The van der Waals surface area contributed by atoms with Crippen LogP contribution in [-0.4, -0.2) is 17.9 Å². The van der Waals surface area contributed by atoms with Gasteiger partial charge >= 0.3 is 0 Å². The summed E-state index contributed by atoms with van der Waals surface area (Å²) >= 11 is 0. The largest absolute Gasteiger partial charge is 0.306 e. The monoisotopic (exact) mass is 199 g/mol. The van der Waals surface area contributed by atoms with Crippen molar-refractivity contribution in [2.75, 3.05) is 6.54 Å². The highest BCUT2D eigenvalue weighted by atomic mass is 16.1. The Kier molecular flexibility index (Phi) is 6.01. The molecule has 0 bridgehead atoms. The van der Waals surface area contributed by atoms with Crippen LogP contribution in [0, 0.1) is 5.92 Å². The average molecular weight is 199 g/mol. The van der Waals surface area contributed by atoms with E-state index in [9.17, 15) is 4.79 Å². The predicted molar refractivity (Wildman–Crippen MR) is 61.5 cm³/mol. The summed E-state index contributed by atoms with van der Waals surface area (Å²) in [6, 6.07) is 0. The van der Waals surface area contributed by atoms with Crippen LogP contribution in [0.4, 0.5) is 0 Å². The molecule has 0 saturated carbocycles. The van der Waals surface area contributed by atoms with Gasteiger partial charge in [-0.25, -0.2) is 0 Å². The second-order valence-electron chi connectivity index (χ2n) is 4.86. The summed E-state index contributed by atoms with van der Waals surface area (Å²) in [4.78, 5) is 11.8. The van der Waals surface area contributed by atoms with E-state index in [1.54, 1.807) is 0 Å². The lowest BCUT2D eigenvalue weighted by Crippen LogP contribution is -2.46. The van der Waals surface area contributed by atoms with Crippen molar-refractivity contribution < 1.29 is 4.79 Å². The van der Waals surface area contributed by atoms with Crippen molar-refractivity contribution in [3.05, 3.63) is 0 Å². The topological polar surface area (TPSA) is 29.1 Å². The molecular formula is C12H25NO. The number of carbonyl (C=O) groups is 1. The first kappa shape index (κ1) is 13.6. The van der Waals surface area contributed by atoms with Crippen LogP contribution >= 0.6 is 0 Å². The number of rotatable bonds is 7. The van der Waals surface area contributed by atoms with Crippen molar-refractivity contribution >= 4 is 5.78 Å². The zero-order valence-electron chi connectivity index (χ0n) is 10.3. The van der Waals surface area contributed by atoms with Gasteiger partial charge < -0.3 is 5.32 Å². The van der Waals surface area contributed by atoms with E-state index in [4.69, 9.17) is 0 Å². The Bertz CT molecular complexity index is 173. The summed E-state index contributed by atoms with van der Waals surface area (Å²) in [7, 11) is 0. The fourth-order valence-electron chi connectivity index (χ4n) is 1.52. The number of ketones is 1. The van der Waals surface area contributed by atoms with E-state index < -0.39 is 0 Å². The number of nitrogens with one attached hydrogen (secondary N) is 1. The van der Waals surface area contributed by atoms with Crippen molar-refractivity contribution in [2.45, 2.75) is 59.4 Å². The molecule has 0 spiro atoms. The van der Waals surface area contributed by atoms with Gasteiger partial charge in [0.25, 0.3) is 0 Å². The summed E-state index contributed by atoms with van der Waals surface area (Å²) in [5, 5.41) is 3.21. The number of hydrogen-bond acceptors (Lipinski definition) is 2. The van der Waals surface area contributed by atoms with Gasteiger partial charge in [0, 0.05) is 6.42 Å². The van der Waals surface area contributed by atoms with Crippen molar-refractivity contribution in [3.63, 3.8) is 0 Å². The summed E-state index contributed by atoms with van der Waals surface area (Å²) in [5.74, 6) is 1.03. The van der Waals surface area contributed by atoms with Gasteiger partial charge in [-0.2, -0.15) is 0 Å². The number of hydrogen-bond donors (Lipinski definition) is 1.